The topological polar surface area (TPSA) is 54.0 Å². The van der Waals surface area contributed by atoms with Crippen LogP contribution in [0.25, 0.3) is 0 Å². The summed E-state index contributed by atoms with van der Waals surface area (Å²) in [5.74, 6) is 0.487. The van der Waals surface area contributed by atoms with E-state index in [0.29, 0.717) is 6.54 Å². The van der Waals surface area contributed by atoms with Crippen LogP contribution in [0.2, 0.25) is 0 Å². The van der Waals surface area contributed by atoms with Crippen LogP contribution in [0, 0.1) is 5.92 Å². The van der Waals surface area contributed by atoms with Crippen molar-refractivity contribution in [3.05, 3.63) is 11.1 Å². The number of amides is 1. The van der Waals surface area contributed by atoms with Crippen molar-refractivity contribution in [2.75, 3.05) is 18.9 Å². The highest BCUT2D eigenvalue weighted by molar-refractivity contribution is 7.13. The van der Waals surface area contributed by atoms with E-state index in [1.807, 2.05) is 12.4 Å². The second kappa shape index (κ2) is 6.73. The van der Waals surface area contributed by atoms with Crippen molar-refractivity contribution in [2.24, 2.45) is 5.92 Å². The lowest BCUT2D eigenvalue weighted by molar-refractivity contribution is -0.125. The van der Waals surface area contributed by atoms with Gasteiger partial charge in [0.25, 0.3) is 0 Å². The van der Waals surface area contributed by atoms with Gasteiger partial charge >= 0.3 is 0 Å². The number of carbonyl (C=O) groups excluding carboxylic acids is 1. The van der Waals surface area contributed by atoms with Crippen molar-refractivity contribution < 1.29 is 4.79 Å². The van der Waals surface area contributed by atoms with E-state index in [2.05, 4.69) is 15.6 Å². The third-order valence-electron chi connectivity index (χ3n) is 3.42. The molecule has 2 N–H and O–H groups in total. The molecule has 1 fully saturated rings. The average molecular weight is 267 g/mol. The molecule has 100 valence electrons. The molecule has 0 saturated heterocycles. The van der Waals surface area contributed by atoms with E-state index in [1.165, 1.54) is 19.3 Å². The minimum atomic E-state index is 0.235. The zero-order valence-electron chi connectivity index (χ0n) is 10.9. The van der Waals surface area contributed by atoms with Crippen molar-refractivity contribution in [1.82, 2.24) is 10.3 Å². The molecular weight excluding hydrogens is 246 g/mol. The second-order valence-corrected chi connectivity index (χ2v) is 5.63. The summed E-state index contributed by atoms with van der Waals surface area (Å²) in [5.41, 5.74) is 1.05. The maximum atomic E-state index is 11.9. The first kappa shape index (κ1) is 13.3. The molecule has 0 spiro atoms. The number of carbonyl (C=O) groups is 1. The molecule has 1 amide bonds. The van der Waals surface area contributed by atoms with Gasteiger partial charge in [-0.2, -0.15) is 0 Å². The van der Waals surface area contributed by atoms with Gasteiger partial charge in [0.15, 0.2) is 5.13 Å². The van der Waals surface area contributed by atoms with Crippen molar-refractivity contribution in [3.8, 4) is 0 Å². The van der Waals surface area contributed by atoms with E-state index < -0.39 is 0 Å². The Morgan fingerprint density at radius 1 is 1.44 bits per heavy atom. The average Bonchev–Trinajstić information content (AvgIpc) is 2.87. The van der Waals surface area contributed by atoms with E-state index in [4.69, 9.17) is 0 Å². The third kappa shape index (κ3) is 3.70. The Labute approximate surface area is 112 Å². The molecule has 4 nitrogen and oxygen atoms in total. The first-order valence-electron chi connectivity index (χ1n) is 6.69. The van der Waals surface area contributed by atoms with Crippen LogP contribution in [0.4, 0.5) is 5.13 Å². The van der Waals surface area contributed by atoms with E-state index in [1.54, 1.807) is 11.3 Å². The molecule has 18 heavy (non-hydrogen) atoms. The van der Waals surface area contributed by atoms with Gasteiger partial charge in [-0.05, 0) is 12.8 Å². The predicted molar refractivity (Wildman–Crippen MR) is 74.9 cm³/mol. The maximum Gasteiger partial charge on any atom is 0.223 e. The van der Waals surface area contributed by atoms with Crippen LogP contribution < -0.4 is 10.6 Å². The Kier molecular flexibility index (Phi) is 4.99. The molecule has 1 aliphatic carbocycles. The standard InChI is InChI=1S/C13H21N3OS/c1-14-13-16-11(9-18-13)7-8-15-12(17)10-5-3-2-4-6-10/h9-10H,2-8H2,1H3,(H,14,16)(H,15,17). The number of thiazole rings is 1. The second-order valence-electron chi connectivity index (χ2n) is 4.77. The number of nitrogens with zero attached hydrogens (tertiary/aromatic N) is 1. The van der Waals surface area contributed by atoms with Crippen LogP contribution >= 0.6 is 11.3 Å². The SMILES string of the molecule is CNc1nc(CCNC(=O)C2CCCCC2)cs1. The Hall–Kier alpha value is -1.10. The molecule has 0 unspecified atom stereocenters. The number of aromatic nitrogens is 1. The fraction of sp³-hybridized carbons (Fsp3) is 0.692. The summed E-state index contributed by atoms with van der Waals surface area (Å²) < 4.78 is 0. The minimum Gasteiger partial charge on any atom is -0.365 e. The highest BCUT2D eigenvalue weighted by Gasteiger charge is 2.20. The Morgan fingerprint density at radius 3 is 2.89 bits per heavy atom. The lowest BCUT2D eigenvalue weighted by Crippen LogP contribution is -2.33. The number of nitrogens with one attached hydrogen (secondary N) is 2. The van der Waals surface area contributed by atoms with Gasteiger partial charge in [0.1, 0.15) is 0 Å². The molecule has 1 saturated carbocycles. The van der Waals surface area contributed by atoms with Crippen LogP contribution in [0.15, 0.2) is 5.38 Å². The summed E-state index contributed by atoms with van der Waals surface area (Å²) in [6.07, 6.45) is 6.64. The number of rotatable bonds is 5. The van der Waals surface area contributed by atoms with Gasteiger partial charge in [0.05, 0.1) is 5.69 Å². The molecule has 0 aromatic carbocycles. The smallest absolute Gasteiger partial charge is 0.223 e. The maximum absolute atomic E-state index is 11.9. The van der Waals surface area contributed by atoms with Gasteiger partial charge in [-0.15, -0.1) is 11.3 Å². The van der Waals surface area contributed by atoms with Crippen LogP contribution in [-0.4, -0.2) is 24.5 Å². The fourth-order valence-corrected chi connectivity index (χ4v) is 3.07. The van der Waals surface area contributed by atoms with Crippen molar-refractivity contribution in [1.29, 1.82) is 0 Å². The van der Waals surface area contributed by atoms with Gasteiger partial charge in [0.2, 0.25) is 5.91 Å². The van der Waals surface area contributed by atoms with E-state index >= 15 is 0 Å². The van der Waals surface area contributed by atoms with Crippen molar-refractivity contribution in [3.63, 3.8) is 0 Å². The van der Waals surface area contributed by atoms with Gasteiger partial charge in [-0.3, -0.25) is 4.79 Å². The third-order valence-corrected chi connectivity index (χ3v) is 4.33. The minimum absolute atomic E-state index is 0.235. The van der Waals surface area contributed by atoms with E-state index in [-0.39, 0.29) is 11.8 Å². The van der Waals surface area contributed by atoms with E-state index in [9.17, 15) is 4.79 Å². The molecule has 2 rings (SSSR count). The Balaban J connectivity index is 1.69. The highest BCUT2D eigenvalue weighted by Crippen LogP contribution is 2.23. The molecule has 1 heterocycles. The zero-order chi connectivity index (χ0) is 12.8. The number of anilines is 1. The summed E-state index contributed by atoms with van der Waals surface area (Å²) in [6.45, 7) is 0.697. The number of hydrogen-bond acceptors (Lipinski definition) is 4. The van der Waals surface area contributed by atoms with E-state index in [0.717, 1.165) is 30.1 Å². The van der Waals surface area contributed by atoms with Gasteiger partial charge in [-0.1, -0.05) is 19.3 Å². The lowest BCUT2D eigenvalue weighted by Gasteiger charge is -2.20. The summed E-state index contributed by atoms with van der Waals surface area (Å²) in [6, 6.07) is 0. The summed E-state index contributed by atoms with van der Waals surface area (Å²) >= 11 is 1.60. The van der Waals surface area contributed by atoms with Gasteiger partial charge < -0.3 is 10.6 Å². The van der Waals surface area contributed by atoms with Crippen LogP contribution in [0.1, 0.15) is 37.8 Å². The van der Waals surface area contributed by atoms with Crippen LogP contribution in [0.5, 0.6) is 0 Å². The Morgan fingerprint density at radius 2 is 2.22 bits per heavy atom. The number of hydrogen-bond donors (Lipinski definition) is 2. The normalized spacial score (nSPS) is 16.5. The summed E-state index contributed by atoms with van der Waals surface area (Å²) in [4.78, 5) is 16.3. The van der Waals surface area contributed by atoms with Gasteiger partial charge in [-0.25, -0.2) is 4.98 Å². The van der Waals surface area contributed by atoms with Gasteiger partial charge in [0, 0.05) is 31.3 Å². The molecule has 5 heteroatoms. The molecule has 1 aromatic heterocycles. The molecule has 0 bridgehead atoms. The first-order chi connectivity index (χ1) is 8.79. The summed E-state index contributed by atoms with van der Waals surface area (Å²) in [5, 5.41) is 9.03. The largest absolute Gasteiger partial charge is 0.365 e. The lowest BCUT2D eigenvalue weighted by atomic mass is 9.89. The zero-order valence-corrected chi connectivity index (χ0v) is 11.7. The highest BCUT2D eigenvalue weighted by atomic mass is 32.1. The summed E-state index contributed by atoms with van der Waals surface area (Å²) in [7, 11) is 1.87. The van der Waals surface area contributed by atoms with Crippen LogP contribution in [0.3, 0.4) is 0 Å². The predicted octanol–water partition coefficient (Wildman–Crippen LogP) is 2.42. The Bertz CT molecular complexity index is 385. The quantitative estimate of drug-likeness (QED) is 0.861. The molecular formula is C13H21N3OS. The molecule has 0 atom stereocenters. The fourth-order valence-electron chi connectivity index (χ4n) is 2.36. The molecule has 1 aliphatic rings. The molecule has 0 aliphatic heterocycles. The monoisotopic (exact) mass is 267 g/mol. The molecule has 0 radical (unpaired) electrons. The first-order valence-corrected chi connectivity index (χ1v) is 7.57. The van der Waals surface area contributed by atoms with Crippen molar-refractivity contribution >= 4 is 22.4 Å². The molecule has 1 aromatic rings. The van der Waals surface area contributed by atoms with Crippen molar-refractivity contribution in [2.45, 2.75) is 38.5 Å². The van der Waals surface area contributed by atoms with Crippen LogP contribution in [-0.2, 0) is 11.2 Å².